The minimum atomic E-state index is -4.45. The SMILES string of the molecule is Cc1cc(CN2CC[C@H](N(Cc3ccccc3C(F)(F)F)c3ccc(C#N)c(Cl)c3)C2)no1.Cl. The first-order valence-electron chi connectivity index (χ1n) is 10.5. The smallest absolute Gasteiger partial charge is 0.363 e. The quantitative estimate of drug-likeness (QED) is 0.393. The molecule has 0 spiro atoms. The van der Waals surface area contributed by atoms with Crippen LogP contribution in [0.25, 0.3) is 0 Å². The Morgan fingerprint density at radius 1 is 1.24 bits per heavy atom. The molecule has 1 atom stereocenters. The molecule has 0 radical (unpaired) electrons. The standard InChI is InChI=1S/C24H22ClF3N4O.ClH/c1-16-10-19(30-33-16)14-31-9-8-21(15-31)32(20-7-6-17(12-29)23(25)11-20)13-18-4-2-3-5-22(18)24(26,27)28;/h2-7,10-11,21H,8-9,13-15H2,1H3;1H/t21-;/m0./s1. The number of alkyl halides is 3. The predicted molar refractivity (Wildman–Crippen MR) is 126 cm³/mol. The minimum absolute atomic E-state index is 0. The fourth-order valence-corrected chi connectivity index (χ4v) is 4.47. The van der Waals surface area contributed by atoms with Gasteiger partial charge in [-0.15, -0.1) is 12.4 Å². The fraction of sp³-hybridized carbons (Fsp3) is 0.333. The van der Waals surface area contributed by atoms with E-state index in [1.807, 2.05) is 24.0 Å². The third kappa shape index (κ3) is 5.84. The molecule has 4 rings (SSSR count). The van der Waals surface area contributed by atoms with Crippen LogP contribution in [0.5, 0.6) is 0 Å². The van der Waals surface area contributed by atoms with Crippen LogP contribution >= 0.6 is 24.0 Å². The summed E-state index contributed by atoms with van der Waals surface area (Å²) in [4.78, 5) is 4.15. The molecule has 0 amide bonds. The van der Waals surface area contributed by atoms with Crippen LogP contribution in [0.1, 0.15) is 34.6 Å². The zero-order chi connectivity index (χ0) is 23.6. The summed E-state index contributed by atoms with van der Waals surface area (Å²) in [6.45, 7) is 3.93. The molecule has 180 valence electrons. The summed E-state index contributed by atoms with van der Waals surface area (Å²) in [5.74, 6) is 0.735. The third-order valence-electron chi connectivity index (χ3n) is 5.82. The molecule has 5 nitrogen and oxygen atoms in total. The summed E-state index contributed by atoms with van der Waals surface area (Å²) in [7, 11) is 0. The van der Waals surface area contributed by atoms with Crippen LogP contribution in [0.4, 0.5) is 18.9 Å². The molecule has 0 N–H and O–H groups in total. The molecule has 1 aliphatic heterocycles. The Hall–Kier alpha value is -2.73. The number of rotatable bonds is 6. The lowest BCUT2D eigenvalue weighted by Gasteiger charge is -2.32. The average Bonchev–Trinajstić information content (AvgIpc) is 3.40. The van der Waals surface area contributed by atoms with E-state index in [2.05, 4.69) is 10.1 Å². The van der Waals surface area contributed by atoms with Crippen LogP contribution in [0.2, 0.25) is 5.02 Å². The molecule has 2 aromatic carbocycles. The predicted octanol–water partition coefficient (Wildman–Crippen LogP) is 6.23. The zero-order valence-corrected chi connectivity index (χ0v) is 19.9. The van der Waals surface area contributed by atoms with Gasteiger partial charge < -0.3 is 9.42 Å². The highest BCUT2D eigenvalue weighted by Gasteiger charge is 2.35. The Kier molecular flexibility index (Phi) is 8.13. The van der Waals surface area contributed by atoms with Gasteiger partial charge in [0.2, 0.25) is 0 Å². The normalized spacial score (nSPS) is 16.2. The number of anilines is 1. The van der Waals surface area contributed by atoms with Crippen molar-refractivity contribution in [2.45, 2.75) is 38.7 Å². The van der Waals surface area contributed by atoms with Gasteiger partial charge in [-0.25, -0.2) is 0 Å². The summed E-state index contributed by atoms with van der Waals surface area (Å²) < 4.78 is 46.1. The highest BCUT2D eigenvalue weighted by Crippen LogP contribution is 2.35. The van der Waals surface area contributed by atoms with Gasteiger partial charge in [0.15, 0.2) is 0 Å². The lowest BCUT2D eigenvalue weighted by molar-refractivity contribution is -0.138. The van der Waals surface area contributed by atoms with Gasteiger partial charge in [0, 0.05) is 44.0 Å². The Morgan fingerprint density at radius 2 is 2.00 bits per heavy atom. The molecule has 34 heavy (non-hydrogen) atoms. The first kappa shape index (κ1) is 25.9. The maximum atomic E-state index is 13.6. The molecule has 0 aliphatic carbocycles. The summed E-state index contributed by atoms with van der Waals surface area (Å²) in [6.07, 6.45) is -3.68. The van der Waals surface area contributed by atoms with Crippen molar-refractivity contribution in [3.05, 3.63) is 81.7 Å². The fourth-order valence-electron chi connectivity index (χ4n) is 4.25. The lowest BCUT2D eigenvalue weighted by Crippen LogP contribution is -2.37. The van der Waals surface area contributed by atoms with Gasteiger partial charge in [0.25, 0.3) is 0 Å². The molecule has 0 saturated carbocycles. The first-order valence-corrected chi connectivity index (χ1v) is 10.9. The molecule has 1 aromatic heterocycles. The molecule has 3 aromatic rings. The van der Waals surface area contributed by atoms with Crippen molar-refractivity contribution in [3.63, 3.8) is 0 Å². The van der Waals surface area contributed by atoms with E-state index < -0.39 is 11.7 Å². The molecule has 2 heterocycles. The molecule has 0 unspecified atom stereocenters. The van der Waals surface area contributed by atoms with Crippen molar-refractivity contribution >= 4 is 29.7 Å². The van der Waals surface area contributed by atoms with Gasteiger partial charge in [-0.3, -0.25) is 4.90 Å². The van der Waals surface area contributed by atoms with E-state index in [0.717, 1.165) is 30.5 Å². The van der Waals surface area contributed by atoms with Crippen LogP contribution in [0.15, 0.2) is 53.1 Å². The maximum Gasteiger partial charge on any atom is 0.416 e. The second kappa shape index (κ2) is 10.7. The van der Waals surface area contributed by atoms with E-state index in [4.69, 9.17) is 16.1 Å². The molecular formula is C24H23Cl2F3N4O. The van der Waals surface area contributed by atoms with Crippen LogP contribution in [-0.4, -0.2) is 29.2 Å². The first-order chi connectivity index (χ1) is 15.7. The highest BCUT2D eigenvalue weighted by molar-refractivity contribution is 6.32. The van der Waals surface area contributed by atoms with Gasteiger partial charge >= 0.3 is 6.18 Å². The number of nitriles is 1. The summed E-state index contributed by atoms with van der Waals surface area (Å²) >= 11 is 6.27. The Morgan fingerprint density at radius 3 is 2.65 bits per heavy atom. The van der Waals surface area contributed by atoms with Crippen molar-refractivity contribution in [2.75, 3.05) is 18.0 Å². The van der Waals surface area contributed by atoms with Crippen molar-refractivity contribution in [1.29, 1.82) is 5.26 Å². The summed E-state index contributed by atoms with van der Waals surface area (Å²) in [5, 5.41) is 13.5. The maximum absolute atomic E-state index is 13.6. The van der Waals surface area contributed by atoms with E-state index >= 15 is 0 Å². The van der Waals surface area contributed by atoms with Crippen LogP contribution in [0, 0.1) is 18.3 Å². The number of likely N-dealkylation sites (tertiary alicyclic amines) is 1. The van der Waals surface area contributed by atoms with E-state index in [0.29, 0.717) is 24.3 Å². The zero-order valence-electron chi connectivity index (χ0n) is 18.3. The van der Waals surface area contributed by atoms with E-state index in [1.165, 1.54) is 12.1 Å². The monoisotopic (exact) mass is 510 g/mol. The molecular weight excluding hydrogens is 488 g/mol. The van der Waals surface area contributed by atoms with Crippen LogP contribution in [-0.2, 0) is 19.3 Å². The number of hydrogen-bond acceptors (Lipinski definition) is 5. The number of nitrogens with zero attached hydrogens (tertiary/aromatic N) is 4. The van der Waals surface area contributed by atoms with E-state index in [-0.39, 0.29) is 35.6 Å². The largest absolute Gasteiger partial charge is 0.416 e. The highest BCUT2D eigenvalue weighted by atomic mass is 35.5. The van der Waals surface area contributed by atoms with Gasteiger partial charge in [-0.05, 0) is 43.2 Å². The van der Waals surface area contributed by atoms with E-state index in [9.17, 15) is 18.4 Å². The number of aromatic nitrogens is 1. The second-order valence-electron chi connectivity index (χ2n) is 8.17. The topological polar surface area (TPSA) is 56.3 Å². The van der Waals surface area contributed by atoms with Crippen LogP contribution in [0.3, 0.4) is 0 Å². The second-order valence-corrected chi connectivity index (χ2v) is 8.57. The van der Waals surface area contributed by atoms with Crippen molar-refractivity contribution in [1.82, 2.24) is 10.1 Å². The molecule has 1 saturated heterocycles. The lowest BCUT2D eigenvalue weighted by atomic mass is 10.0. The van der Waals surface area contributed by atoms with Gasteiger partial charge in [-0.2, -0.15) is 18.4 Å². The van der Waals surface area contributed by atoms with Crippen molar-refractivity contribution in [3.8, 4) is 6.07 Å². The van der Waals surface area contributed by atoms with Crippen molar-refractivity contribution < 1.29 is 17.7 Å². The van der Waals surface area contributed by atoms with E-state index in [1.54, 1.807) is 24.3 Å². The Bertz CT molecular complexity index is 1180. The van der Waals surface area contributed by atoms with Crippen molar-refractivity contribution in [2.24, 2.45) is 0 Å². The number of hydrogen-bond donors (Lipinski definition) is 0. The number of halogens is 5. The summed E-state index contributed by atoms with van der Waals surface area (Å²) in [6, 6.07) is 14.5. The molecule has 1 fully saturated rings. The van der Waals surface area contributed by atoms with Crippen LogP contribution < -0.4 is 4.90 Å². The third-order valence-corrected chi connectivity index (χ3v) is 6.13. The molecule has 1 aliphatic rings. The van der Waals surface area contributed by atoms with Gasteiger partial charge in [0.05, 0.1) is 21.8 Å². The summed E-state index contributed by atoms with van der Waals surface area (Å²) in [5.41, 5.74) is 1.37. The molecule has 0 bridgehead atoms. The minimum Gasteiger partial charge on any atom is -0.363 e. The Labute approximate surface area is 207 Å². The number of benzene rings is 2. The number of aryl methyl sites for hydroxylation is 1. The molecule has 10 heteroatoms. The average molecular weight is 511 g/mol. The van der Waals surface area contributed by atoms with Gasteiger partial charge in [0.1, 0.15) is 11.8 Å². The van der Waals surface area contributed by atoms with Gasteiger partial charge in [-0.1, -0.05) is 35.0 Å². The Balaban J connectivity index is 0.00000324.